The third-order valence-electron chi connectivity index (χ3n) is 1.92. The number of rotatable bonds is 4. The molecule has 0 aliphatic rings. The lowest BCUT2D eigenvalue weighted by molar-refractivity contribution is -0.274. The first-order valence-corrected chi connectivity index (χ1v) is 4.66. The van der Waals surface area contributed by atoms with Gasteiger partial charge >= 0.3 is 6.36 Å². The van der Waals surface area contributed by atoms with Gasteiger partial charge in [0, 0.05) is 0 Å². The van der Waals surface area contributed by atoms with Crippen LogP contribution in [0.1, 0.15) is 18.1 Å². The summed E-state index contributed by atoms with van der Waals surface area (Å²) in [5, 5.41) is 9.53. The van der Waals surface area contributed by atoms with Gasteiger partial charge in [0.25, 0.3) is 0 Å². The van der Waals surface area contributed by atoms with Crippen molar-refractivity contribution in [2.75, 3.05) is 6.54 Å². The SMILES string of the molecule is NCCC(O)c1cccc(OC(F)(F)F)c1. The van der Waals surface area contributed by atoms with Crippen LogP contribution in [0.25, 0.3) is 0 Å². The molecule has 0 amide bonds. The Kier molecular flexibility index (Phi) is 4.14. The highest BCUT2D eigenvalue weighted by molar-refractivity contribution is 5.30. The molecule has 0 fully saturated rings. The van der Waals surface area contributed by atoms with Gasteiger partial charge in [-0.05, 0) is 30.7 Å². The van der Waals surface area contributed by atoms with Crippen LogP contribution >= 0.6 is 0 Å². The molecule has 3 N–H and O–H groups in total. The summed E-state index contributed by atoms with van der Waals surface area (Å²) in [4.78, 5) is 0. The Labute approximate surface area is 90.6 Å². The fourth-order valence-electron chi connectivity index (χ4n) is 1.24. The van der Waals surface area contributed by atoms with Crippen molar-refractivity contribution in [3.8, 4) is 5.75 Å². The second-order valence-corrected chi connectivity index (χ2v) is 3.21. The van der Waals surface area contributed by atoms with E-state index in [1.165, 1.54) is 18.2 Å². The van der Waals surface area contributed by atoms with Crippen molar-refractivity contribution in [1.29, 1.82) is 0 Å². The fourth-order valence-corrected chi connectivity index (χ4v) is 1.24. The summed E-state index contributed by atoms with van der Waals surface area (Å²) in [6.07, 6.45) is -5.31. The molecule has 1 aromatic rings. The molecule has 1 unspecified atom stereocenters. The molecule has 0 aliphatic heterocycles. The third kappa shape index (κ3) is 4.08. The molecule has 0 bridgehead atoms. The van der Waals surface area contributed by atoms with Gasteiger partial charge in [0.15, 0.2) is 0 Å². The Morgan fingerprint density at radius 2 is 2.06 bits per heavy atom. The lowest BCUT2D eigenvalue weighted by Gasteiger charge is -2.13. The molecular weight excluding hydrogens is 223 g/mol. The van der Waals surface area contributed by atoms with E-state index in [9.17, 15) is 18.3 Å². The lowest BCUT2D eigenvalue weighted by Crippen LogP contribution is -2.17. The zero-order valence-corrected chi connectivity index (χ0v) is 8.37. The number of hydrogen-bond donors (Lipinski definition) is 2. The van der Waals surface area contributed by atoms with E-state index in [0.717, 1.165) is 6.07 Å². The van der Waals surface area contributed by atoms with Crippen molar-refractivity contribution in [3.63, 3.8) is 0 Å². The average molecular weight is 235 g/mol. The highest BCUT2D eigenvalue weighted by Crippen LogP contribution is 2.26. The van der Waals surface area contributed by atoms with Gasteiger partial charge in [0.1, 0.15) is 5.75 Å². The standard InChI is InChI=1S/C10H12F3NO2/c11-10(12,13)16-8-3-1-2-7(6-8)9(15)4-5-14/h1-3,6,9,15H,4-5,14H2. The molecule has 1 atom stereocenters. The molecule has 0 saturated heterocycles. The molecule has 3 nitrogen and oxygen atoms in total. The molecule has 0 saturated carbocycles. The summed E-state index contributed by atoms with van der Waals surface area (Å²) < 4.78 is 39.5. The van der Waals surface area contributed by atoms with Crippen LogP contribution in [0.5, 0.6) is 5.75 Å². The molecule has 0 aromatic heterocycles. The van der Waals surface area contributed by atoms with Crippen molar-refractivity contribution in [2.24, 2.45) is 5.73 Å². The first-order valence-electron chi connectivity index (χ1n) is 4.66. The minimum atomic E-state index is -4.72. The number of halogens is 3. The van der Waals surface area contributed by atoms with Crippen molar-refractivity contribution >= 4 is 0 Å². The summed E-state index contributed by atoms with van der Waals surface area (Å²) in [7, 11) is 0. The Balaban J connectivity index is 2.78. The molecule has 90 valence electrons. The number of alkyl halides is 3. The molecule has 0 spiro atoms. The number of aliphatic hydroxyl groups is 1. The van der Waals surface area contributed by atoms with Gasteiger partial charge in [0.2, 0.25) is 0 Å². The van der Waals surface area contributed by atoms with E-state index in [4.69, 9.17) is 5.73 Å². The topological polar surface area (TPSA) is 55.5 Å². The Bertz CT molecular complexity index is 341. The number of aliphatic hydroxyl groups excluding tert-OH is 1. The smallest absolute Gasteiger partial charge is 0.406 e. The zero-order chi connectivity index (χ0) is 12.2. The van der Waals surface area contributed by atoms with Crippen molar-refractivity contribution in [2.45, 2.75) is 18.9 Å². The third-order valence-corrected chi connectivity index (χ3v) is 1.92. The van der Waals surface area contributed by atoms with Crippen molar-refractivity contribution < 1.29 is 23.0 Å². The van der Waals surface area contributed by atoms with Crippen LogP contribution < -0.4 is 10.5 Å². The number of nitrogens with two attached hydrogens (primary N) is 1. The van der Waals surface area contributed by atoms with Crippen LogP contribution in [-0.2, 0) is 0 Å². The van der Waals surface area contributed by atoms with Gasteiger partial charge in [-0.1, -0.05) is 12.1 Å². The lowest BCUT2D eigenvalue weighted by atomic mass is 10.1. The highest BCUT2D eigenvalue weighted by atomic mass is 19.4. The van der Waals surface area contributed by atoms with Crippen LogP contribution in [0, 0.1) is 0 Å². The van der Waals surface area contributed by atoms with Gasteiger partial charge < -0.3 is 15.6 Å². The molecule has 16 heavy (non-hydrogen) atoms. The van der Waals surface area contributed by atoms with Crippen molar-refractivity contribution in [3.05, 3.63) is 29.8 Å². The second kappa shape index (κ2) is 5.18. The van der Waals surface area contributed by atoms with Crippen LogP contribution in [0.2, 0.25) is 0 Å². The Hall–Kier alpha value is -1.27. The minimum absolute atomic E-state index is 0.255. The van der Waals surface area contributed by atoms with Gasteiger partial charge in [-0.3, -0.25) is 0 Å². The fraction of sp³-hybridized carbons (Fsp3) is 0.400. The largest absolute Gasteiger partial charge is 0.573 e. The van der Waals surface area contributed by atoms with E-state index in [1.54, 1.807) is 0 Å². The van der Waals surface area contributed by atoms with E-state index in [1.807, 2.05) is 0 Å². The van der Waals surface area contributed by atoms with E-state index in [0.29, 0.717) is 5.56 Å². The van der Waals surface area contributed by atoms with Crippen LogP contribution in [0.3, 0.4) is 0 Å². The van der Waals surface area contributed by atoms with Crippen LogP contribution in [0.15, 0.2) is 24.3 Å². The summed E-state index contributed by atoms with van der Waals surface area (Å²) in [6.45, 7) is 0.255. The predicted octanol–water partition coefficient (Wildman–Crippen LogP) is 1.97. The van der Waals surface area contributed by atoms with Gasteiger partial charge in [0.05, 0.1) is 6.10 Å². The normalized spacial score (nSPS) is 13.6. The van der Waals surface area contributed by atoms with Gasteiger partial charge in [-0.2, -0.15) is 0 Å². The Morgan fingerprint density at radius 1 is 1.38 bits per heavy atom. The van der Waals surface area contributed by atoms with E-state index >= 15 is 0 Å². The van der Waals surface area contributed by atoms with Crippen LogP contribution in [0.4, 0.5) is 13.2 Å². The van der Waals surface area contributed by atoms with Gasteiger partial charge in [-0.25, -0.2) is 0 Å². The average Bonchev–Trinajstić information content (AvgIpc) is 2.16. The molecule has 0 radical (unpaired) electrons. The monoisotopic (exact) mass is 235 g/mol. The summed E-state index contributed by atoms with van der Waals surface area (Å²) >= 11 is 0. The molecule has 1 aromatic carbocycles. The minimum Gasteiger partial charge on any atom is -0.406 e. The first kappa shape index (κ1) is 12.8. The van der Waals surface area contributed by atoms with Crippen molar-refractivity contribution in [1.82, 2.24) is 0 Å². The number of benzene rings is 1. The molecule has 0 heterocycles. The molecule has 1 rings (SSSR count). The molecular formula is C10H12F3NO2. The van der Waals surface area contributed by atoms with E-state index in [-0.39, 0.29) is 18.7 Å². The predicted molar refractivity (Wildman–Crippen MR) is 51.8 cm³/mol. The van der Waals surface area contributed by atoms with E-state index < -0.39 is 12.5 Å². The zero-order valence-electron chi connectivity index (χ0n) is 8.37. The summed E-state index contributed by atoms with van der Waals surface area (Å²) in [5.74, 6) is -0.346. The summed E-state index contributed by atoms with van der Waals surface area (Å²) in [6, 6.07) is 5.22. The molecule has 0 aliphatic carbocycles. The number of hydrogen-bond acceptors (Lipinski definition) is 3. The number of ether oxygens (including phenoxy) is 1. The maximum atomic E-state index is 11.9. The second-order valence-electron chi connectivity index (χ2n) is 3.21. The first-order chi connectivity index (χ1) is 7.42. The molecule has 6 heteroatoms. The van der Waals surface area contributed by atoms with E-state index in [2.05, 4.69) is 4.74 Å². The quantitative estimate of drug-likeness (QED) is 0.838. The maximum absolute atomic E-state index is 11.9. The van der Waals surface area contributed by atoms with Crippen LogP contribution in [-0.4, -0.2) is 18.0 Å². The Morgan fingerprint density at radius 3 is 2.62 bits per heavy atom. The maximum Gasteiger partial charge on any atom is 0.573 e. The van der Waals surface area contributed by atoms with Gasteiger partial charge in [-0.15, -0.1) is 13.2 Å². The summed E-state index contributed by atoms with van der Waals surface area (Å²) in [5.41, 5.74) is 5.59. The highest BCUT2D eigenvalue weighted by Gasteiger charge is 2.31.